The van der Waals surface area contributed by atoms with Gasteiger partial charge in [-0.15, -0.1) is 11.8 Å². The molecule has 0 fully saturated rings. The fourth-order valence-corrected chi connectivity index (χ4v) is 4.23. The van der Waals surface area contributed by atoms with Crippen molar-refractivity contribution in [1.29, 1.82) is 0 Å². The molecule has 1 aromatic heterocycles. The molecule has 3 rings (SSSR count). The van der Waals surface area contributed by atoms with Gasteiger partial charge in [-0.1, -0.05) is 32.9 Å². The molecule has 1 aliphatic rings. The van der Waals surface area contributed by atoms with Crippen LogP contribution in [0.5, 0.6) is 0 Å². The molecule has 0 radical (unpaired) electrons. The number of rotatable bonds is 5. The van der Waals surface area contributed by atoms with Crippen LogP contribution in [0.15, 0.2) is 50.0 Å². The second-order valence-electron chi connectivity index (χ2n) is 6.71. The van der Waals surface area contributed by atoms with Crippen LogP contribution in [-0.2, 0) is 10.2 Å². The van der Waals surface area contributed by atoms with Crippen LogP contribution in [0, 0.1) is 0 Å². The molecule has 0 atom stereocenters. The first-order valence-electron chi connectivity index (χ1n) is 9.23. The molecule has 0 bridgehead atoms. The summed E-state index contributed by atoms with van der Waals surface area (Å²) < 4.78 is 6.15. The fraction of sp³-hybridized carbons (Fsp3) is 0.364. The molecule has 1 aliphatic carbocycles. The van der Waals surface area contributed by atoms with Gasteiger partial charge in [0.2, 0.25) is 0 Å². The highest BCUT2D eigenvalue weighted by Crippen LogP contribution is 2.44. The van der Waals surface area contributed by atoms with Crippen molar-refractivity contribution in [2.45, 2.75) is 50.3 Å². The van der Waals surface area contributed by atoms with Crippen LogP contribution in [-0.4, -0.2) is 17.1 Å². The Morgan fingerprint density at radius 2 is 1.70 bits per heavy atom. The number of Topliss-reactive ketones (excluding diaryl/α,β-unsaturated/α-hetero) is 1. The number of aliphatic hydroxyl groups is 1. The number of thioether (sulfide) groups is 1. The van der Waals surface area contributed by atoms with E-state index in [-0.39, 0.29) is 22.5 Å². The van der Waals surface area contributed by atoms with Gasteiger partial charge in [0.05, 0.1) is 5.41 Å². The van der Waals surface area contributed by atoms with Crippen LogP contribution in [0.25, 0.3) is 17.1 Å². The summed E-state index contributed by atoms with van der Waals surface area (Å²) in [4.78, 5) is 27.2. The molecular formula is C22H24O4S. The van der Waals surface area contributed by atoms with Gasteiger partial charge in [0, 0.05) is 22.1 Å². The molecule has 1 N–H and O–H groups in total. The Morgan fingerprint density at radius 3 is 2.22 bits per heavy atom. The van der Waals surface area contributed by atoms with Gasteiger partial charge in [-0.3, -0.25) is 9.59 Å². The van der Waals surface area contributed by atoms with Crippen molar-refractivity contribution >= 4 is 23.3 Å². The van der Waals surface area contributed by atoms with E-state index in [2.05, 4.69) is 0 Å². The number of hydrogen-bond donors (Lipinski definition) is 1. The van der Waals surface area contributed by atoms with Gasteiger partial charge in [0.1, 0.15) is 22.8 Å². The number of allylic oxidation sites excluding steroid dienone is 1. The molecule has 27 heavy (non-hydrogen) atoms. The first-order valence-corrected chi connectivity index (χ1v) is 10.5. The quantitative estimate of drug-likeness (QED) is 0.704. The minimum Gasteiger partial charge on any atom is -0.507 e. The van der Waals surface area contributed by atoms with Crippen molar-refractivity contribution in [3.63, 3.8) is 0 Å². The van der Waals surface area contributed by atoms with Gasteiger partial charge in [-0.2, -0.15) is 0 Å². The Balaban J connectivity index is 2.31. The summed E-state index contributed by atoms with van der Waals surface area (Å²) in [5, 5.41) is 10.6. The maximum atomic E-state index is 13.2. The molecule has 0 amide bonds. The predicted molar refractivity (Wildman–Crippen MR) is 109 cm³/mol. The number of carbonyl (C=O) groups is 1. The van der Waals surface area contributed by atoms with Gasteiger partial charge in [0.25, 0.3) is 0 Å². The summed E-state index contributed by atoms with van der Waals surface area (Å²) in [6, 6.07) is 9.12. The normalized spacial score (nSPS) is 15.8. The molecule has 0 saturated carbocycles. The molecule has 2 aromatic rings. The zero-order valence-electron chi connectivity index (χ0n) is 16.1. The molecule has 4 nitrogen and oxygen atoms in total. The van der Waals surface area contributed by atoms with Crippen molar-refractivity contribution in [2.75, 3.05) is 6.26 Å². The van der Waals surface area contributed by atoms with E-state index in [0.29, 0.717) is 36.4 Å². The van der Waals surface area contributed by atoms with E-state index in [9.17, 15) is 14.7 Å². The average Bonchev–Trinajstić information content (AvgIpc) is 2.69. The molecular weight excluding hydrogens is 360 g/mol. The van der Waals surface area contributed by atoms with Crippen molar-refractivity contribution in [2.24, 2.45) is 0 Å². The first kappa shape index (κ1) is 19.5. The summed E-state index contributed by atoms with van der Waals surface area (Å²) in [5.74, 6) is 0.341. The van der Waals surface area contributed by atoms with E-state index in [1.54, 1.807) is 11.8 Å². The Bertz CT molecular complexity index is 963. The number of aliphatic hydroxyl groups excluding tert-OH is 1. The number of hydrogen-bond acceptors (Lipinski definition) is 5. The van der Waals surface area contributed by atoms with Crippen LogP contribution >= 0.6 is 11.8 Å². The first-order chi connectivity index (χ1) is 12.9. The molecule has 1 aromatic carbocycles. The second-order valence-corrected chi connectivity index (χ2v) is 7.59. The zero-order valence-corrected chi connectivity index (χ0v) is 16.9. The largest absolute Gasteiger partial charge is 0.507 e. The van der Waals surface area contributed by atoms with Crippen LogP contribution < -0.4 is 5.43 Å². The third-order valence-electron chi connectivity index (χ3n) is 5.55. The van der Waals surface area contributed by atoms with Crippen molar-refractivity contribution in [3.05, 3.63) is 57.5 Å². The fourth-order valence-electron chi connectivity index (χ4n) is 3.82. The lowest BCUT2D eigenvalue weighted by atomic mass is 9.68. The lowest BCUT2D eigenvalue weighted by Gasteiger charge is -2.35. The molecule has 0 aliphatic heterocycles. The predicted octanol–water partition coefficient (Wildman–Crippen LogP) is 5.35. The number of benzene rings is 1. The summed E-state index contributed by atoms with van der Waals surface area (Å²) in [6.07, 6.45) is 3.38. The van der Waals surface area contributed by atoms with Crippen LogP contribution in [0.3, 0.4) is 0 Å². The zero-order chi connectivity index (χ0) is 19.8. The molecule has 142 valence electrons. The highest BCUT2D eigenvalue weighted by molar-refractivity contribution is 7.98. The highest BCUT2D eigenvalue weighted by atomic mass is 32.2. The Hall–Kier alpha value is -2.27. The van der Waals surface area contributed by atoms with Crippen LogP contribution in [0.1, 0.15) is 51.4 Å². The Morgan fingerprint density at radius 1 is 1.07 bits per heavy atom. The Kier molecular flexibility index (Phi) is 5.33. The maximum Gasteiger partial charge on any atom is 0.196 e. The van der Waals surface area contributed by atoms with Gasteiger partial charge in [-0.25, -0.2) is 0 Å². The smallest absolute Gasteiger partial charge is 0.196 e. The standard InChI is InChI=1S/C22H24O4S/c1-5-15-19(24)18-16(23)12-17(13-8-10-14(27-4)11-9-13)26-21(18)22(6-2,7-3)20(15)25/h8-12,24H,5-7H2,1-4H3. The molecule has 0 saturated heterocycles. The van der Waals surface area contributed by atoms with Crippen molar-refractivity contribution in [3.8, 4) is 11.3 Å². The van der Waals surface area contributed by atoms with E-state index in [1.165, 1.54) is 6.07 Å². The maximum absolute atomic E-state index is 13.2. The van der Waals surface area contributed by atoms with Gasteiger partial charge in [0.15, 0.2) is 11.2 Å². The summed E-state index contributed by atoms with van der Waals surface area (Å²) in [6.45, 7) is 5.65. The van der Waals surface area contributed by atoms with Crippen LogP contribution in [0.2, 0.25) is 0 Å². The molecule has 0 spiro atoms. The molecule has 5 heteroatoms. The second kappa shape index (κ2) is 7.39. The molecule has 0 unspecified atom stereocenters. The van der Waals surface area contributed by atoms with Crippen molar-refractivity contribution < 1.29 is 14.3 Å². The monoisotopic (exact) mass is 384 g/mol. The van der Waals surface area contributed by atoms with E-state index in [0.717, 1.165) is 10.5 Å². The minimum absolute atomic E-state index is 0.139. The summed E-state index contributed by atoms with van der Waals surface area (Å²) in [7, 11) is 0. The Labute approximate surface area is 163 Å². The van der Waals surface area contributed by atoms with Crippen LogP contribution in [0.4, 0.5) is 0 Å². The SMILES string of the molecule is CCC1=C(O)c2c(oc(-c3ccc(SC)cc3)cc2=O)C(CC)(CC)C1=O. The highest BCUT2D eigenvalue weighted by Gasteiger charge is 2.48. The number of ketones is 1. The van der Waals surface area contributed by atoms with E-state index < -0.39 is 5.41 Å². The van der Waals surface area contributed by atoms with E-state index in [4.69, 9.17) is 4.42 Å². The minimum atomic E-state index is -0.915. The lowest BCUT2D eigenvalue weighted by molar-refractivity contribution is -0.122. The number of fused-ring (bicyclic) bond motifs is 1. The van der Waals surface area contributed by atoms with E-state index >= 15 is 0 Å². The summed E-state index contributed by atoms with van der Waals surface area (Å²) >= 11 is 1.63. The third-order valence-corrected chi connectivity index (χ3v) is 6.29. The van der Waals surface area contributed by atoms with E-state index in [1.807, 2.05) is 51.3 Å². The third kappa shape index (κ3) is 2.94. The lowest BCUT2D eigenvalue weighted by Crippen LogP contribution is -2.41. The topological polar surface area (TPSA) is 67.5 Å². The average molecular weight is 384 g/mol. The van der Waals surface area contributed by atoms with Gasteiger partial charge < -0.3 is 9.52 Å². The van der Waals surface area contributed by atoms with Gasteiger partial charge in [-0.05, 0) is 37.7 Å². The molecule has 1 heterocycles. The van der Waals surface area contributed by atoms with Crippen molar-refractivity contribution in [1.82, 2.24) is 0 Å². The summed E-state index contributed by atoms with van der Waals surface area (Å²) in [5.41, 5.74) is -0.00924. The number of carbonyl (C=O) groups excluding carboxylic acids is 1. The van der Waals surface area contributed by atoms with Gasteiger partial charge >= 0.3 is 0 Å².